The highest BCUT2D eigenvalue weighted by molar-refractivity contribution is 9.10. The van der Waals surface area contributed by atoms with Gasteiger partial charge in [0.1, 0.15) is 11.9 Å². The number of pyridine rings is 1. The van der Waals surface area contributed by atoms with Gasteiger partial charge < -0.3 is 11.1 Å². The molecule has 7 heteroatoms. The van der Waals surface area contributed by atoms with Crippen molar-refractivity contribution in [1.82, 2.24) is 4.98 Å². The molecule has 0 amide bonds. The minimum Gasteiger partial charge on any atom is -0.375 e. The molecule has 1 aromatic carbocycles. The van der Waals surface area contributed by atoms with E-state index in [1.165, 1.54) is 6.20 Å². The Morgan fingerprint density at radius 2 is 2.29 bits per heavy atom. The molecule has 3 N–H and O–H groups in total. The van der Waals surface area contributed by atoms with Crippen LogP contribution in [0, 0.1) is 10.1 Å². The molecule has 1 heterocycles. The number of benzene rings is 1. The lowest BCUT2D eigenvalue weighted by Crippen LogP contribution is -2.29. The van der Waals surface area contributed by atoms with Crippen LogP contribution in [0.5, 0.6) is 0 Å². The molecule has 0 saturated carbocycles. The molecule has 0 saturated heterocycles. The van der Waals surface area contributed by atoms with Crippen LogP contribution < -0.4 is 11.1 Å². The highest BCUT2D eigenvalue weighted by Gasteiger charge is 2.20. The number of fused-ring (bicyclic) bond motifs is 1. The van der Waals surface area contributed by atoms with E-state index in [4.69, 9.17) is 5.73 Å². The summed E-state index contributed by atoms with van der Waals surface area (Å²) in [6, 6.07) is 5.51. The Morgan fingerprint density at radius 1 is 1.52 bits per heavy atom. The zero-order chi connectivity index (χ0) is 15.4. The molecule has 0 spiro atoms. The fourth-order valence-corrected chi connectivity index (χ4v) is 2.61. The van der Waals surface area contributed by atoms with Crippen molar-refractivity contribution in [3.8, 4) is 0 Å². The van der Waals surface area contributed by atoms with Crippen LogP contribution in [0.1, 0.15) is 19.8 Å². The molecule has 21 heavy (non-hydrogen) atoms. The van der Waals surface area contributed by atoms with Gasteiger partial charge in [-0.25, -0.2) is 4.98 Å². The van der Waals surface area contributed by atoms with Crippen LogP contribution in [0.3, 0.4) is 0 Å². The molecule has 0 bridgehead atoms. The van der Waals surface area contributed by atoms with E-state index in [1.807, 2.05) is 18.2 Å². The first-order valence-corrected chi connectivity index (χ1v) is 7.55. The quantitative estimate of drug-likeness (QED) is 0.613. The third kappa shape index (κ3) is 3.48. The lowest BCUT2D eigenvalue weighted by atomic mass is 10.1. The lowest BCUT2D eigenvalue weighted by molar-refractivity contribution is -0.384. The van der Waals surface area contributed by atoms with Crippen molar-refractivity contribution in [2.24, 2.45) is 5.73 Å². The van der Waals surface area contributed by atoms with Gasteiger partial charge >= 0.3 is 5.69 Å². The second-order valence-corrected chi connectivity index (χ2v) is 5.72. The smallest absolute Gasteiger partial charge is 0.311 e. The molecule has 0 aliphatic carbocycles. The van der Waals surface area contributed by atoms with E-state index >= 15 is 0 Å². The predicted octanol–water partition coefficient (Wildman–Crippen LogP) is 3.44. The minimum absolute atomic E-state index is 0.00159. The fourth-order valence-electron chi connectivity index (χ4n) is 2.25. The van der Waals surface area contributed by atoms with Crippen LogP contribution >= 0.6 is 15.9 Å². The highest BCUT2D eigenvalue weighted by Crippen LogP contribution is 2.33. The van der Waals surface area contributed by atoms with Crippen LogP contribution in [0.2, 0.25) is 0 Å². The average Bonchev–Trinajstić information content (AvgIpc) is 2.46. The summed E-state index contributed by atoms with van der Waals surface area (Å²) in [5, 5.41) is 15.2. The molecule has 0 fully saturated rings. The van der Waals surface area contributed by atoms with Gasteiger partial charge in [0.15, 0.2) is 0 Å². The molecule has 0 aliphatic rings. The van der Waals surface area contributed by atoms with E-state index in [1.54, 1.807) is 0 Å². The zero-order valence-electron chi connectivity index (χ0n) is 11.7. The van der Waals surface area contributed by atoms with Gasteiger partial charge in [0.05, 0.1) is 10.4 Å². The van der Waals surface area contributed by atoms with Gasteiger partial charge in [-0.15, -0.1) is 0 Å². The third-order valence-electron chi connectivity index (χ3n) is 3.28. The molecule has 6 nitrogen and oxygen atoms in total. The number of aromatic nitrogens is 1. The summed E-state index contributed by atoms with van der Waals surface area (Å²) >= 11 is 3.39. The largest absolute Gasteiger partial charge is 0.375 e. The summed E-state index contributed by atoms with van der Waals surface area (Å²) in [6.07, 6.45) is 3.10. The molecule has 112 valence electrons. The summed E-state index contributed by atoms with van der Waals surface area (Å²) in [5.74, 6) is 0. The van der Waals surface area contributed by atoms with Gasteiger partial charge in [-0.05, 0) is 24.6 Å². The van der Waals surface area contributed by atoms with E-state index < -0.39 is 4.92 Å². The maximum atomic E-state index is 11.3. The number of anilines is 1. The maximum absolute atomic E-state index is 11.3. The summed E-state index contributed by atoms with van der Waals surface area (Å²) < 4.78 is 0.847. The van der Waals surface area contributed by atoms with Crippen molar-refractivity contribution in [1.29, 1.82) is 0 Å². The van der Waals surface area contributed by atoms with Gasteiger partial charge in [-0.1, -0.05) is 29.3 Å². The molecule has 1 aromatic heterocycles. The van der Waals surface area contributed by atoms with Crippen molar-refractivity contribution >= 4 is 38.2 Å². The number of nitrogens with one attached hydrogen (secondary N) is 1. The van der Waals surface area contributed by atoms with Gasteiger partial charge in [-0.3, -0.25) is 10.1 Å². The summed E-state index contributed by atoms with van der Waals surface area (Å²) in [7, 11) is 0. The molecular weight excluding hydrogens is 336 g/mol. The summed E-state index contributed by atoms with van der Waals surface area (Å²) in [6.45, 7) is 2.48. The molecule has 2 rings (SSSR count). The van der Waals surface area contributed by atoms with E-state index in [-0.39, 0.29) is 11.7 Å². The highest BCUT2D eigenvalue weighted by atomic mass is 79.9. The molecule has 2 aromatic rings. The topological polar surface area (TPSA) is 94.1 Å². The Balaban J connectivity index is 2.57. The number of hydrogen-bond donors (Lipinski definition) is 2. The molecular formula is C14H17BrN4O2. The normalized spacial score (nSPS) is 12.3. The van der Waals surface area contributed by atoms with Crippen LogP contribution in [0.25, 0.3) is 10.9 Å². The predicted molar refractivity (Wildman–Crippen MR) is 87.5 cm³/mol. The van der Waals surface area contributed by atoms with Crippen molar-refractivity contribution in [2.45, 2.75) is 25.8 Å². The zero-order valence-corrected chi connectivity index (χ0v) is 13.3. The Labute approximate surface area is 131 Å². The fraction of sp³-hybridized carbons (Fsp3) is 0.357. The van der Waals surface area contributed by atoms with Gasteiger partial charge in [0.2, 0.25) is 0 Å². The minimum atomic E-state index is -0.421. The van der Waals surface area contributed by atoms with E-state index in [0.29, 0.717) is 23.1 Å². The number of rotatable bonds is 6. The number of nitrogens with zero attached hydrogens (tertiary/aromatic N) is 2. The monoisotopic (exact) mass is 352 g/mol. The standard InChI is InChI=1S/C14H17BrN4O2/c1-2-3-10(7-16)18-14-11-6-9(15)4-5-12(11)17-8-13(14)19(20)21/h4-6,8,10H,2-3,7,16H2,1H3,(H,17,18). The van der Waals surface area contributed by atoms with Crippen molar-refractivity contribution < 1.29 is 4.92 Å². The molecule has 1 unspecified atom stereocenters. The Morgan fingerprint density at radius 3 is 2.90 bits per heavy atom. The van der Waals surface area contributed by atoms with Crippen molar-refractivity contribution in [3.63, 3.8) is 0 Å². The number of nitrogens with two attached hydrogens (primary N) is 1. The Hall–Kier alpha value is -1.73. The first kappa shape index (κ1) is 15.7. The van der Waals surface area contributed by atoms with E-state index in [2.05, 4.69) is 33.2 Å². The van der Waals surface area contributed by atoms with E-state index in [9.17, 15) is 10.1 Å². The third-order valence-corrected chi connectivity index (χ3v) is 3.77. The van der Waals surface area contributed by atoms with Gasteiger partial charge in [0, 0.05) is 22.4 Å². The first-order valence-electron chi connectivity index (χ1n) is 6.76. The van der Waals surface area contributed by atoms with E-state index in [0.717, 1.165) is 17.3 Å². The Kier molecular flexibility index (Phi) is 5.08. The van der Waals surface area contributed by atoms with Gasteiger partial charge in [-0.2, -0.15) is 0 Å². The van der Waals surface area contributed by atoms with Crippen molar-refractivity contribution in [3.05, 3.63) is 39.0 Å². The van der Waals surface area contributed by atoms with Crippen LogP contribution in [0.15, 0.2) is 28.9 Å². The SMILES string of the molecule is CCCC(CN)Nc1c([N+](=O)[O-])cnc2ccc(Br)cc12. The molecule has 0 radical (unpaired) electrons. The second-order valence-electron chi connectivity index (χ2n) is 4.80. The summed E-state index contributed by atoms with van der Waals surface area (Å²) in [5.41, 5.74) is 6.91. The summed E-state index contributed by atoms with van der Waals surface area (Å²) in [4.78, 5) is 15.0. The maximum Gasteiger partial charge on any atom is 0.311 e. The Bertz CT molecular complexity index is 663. The molecule has 1 atom stereocenters. The number of halogens is 1. The number of hydrogen-bond acceptors (Lipinski definition) is 5. The van der Waals surface area contributed by atoms with Gasteiger partial charge in [0.25, 0.3) is 0 Å². The van der Waals surface area contributed by atoms with Crippen LogP contribution in [-0.2, 0) is 0 Å². The van der Waals surface area contributed by atoms with Crippen LogP contribution in [0.4, 0.5) is 11.4 Å². The van der Waals surface area contributed by atoms with Crippen molar-refractivity contribution in [2.75, 3.05) is 11.9 Å². The van der Waals surface area contributed by atoms with Crippen LogP contribution in [-0.4, -0.2) is 22.5 Å². The number of nitro groups is 1. The lowest BCUT2D eigenvalue weighted by Gasteiger charge is -2.18. The average molecular weight is 353 g/mol. The first-order chi connectivity index (χ1) is 10.1. The second kappa shape index (κ2) is 6.82. The molecule has 0 aliphatic heterocycles.